The summed E-state index contributed by atoms with van der Waals surface area (Å²) in [6.07, 6.45) is 4.63. The Labute approximate surface area is 102 Å². The molecule has 1 atom stereocenters. The predicted octanol–water partition coefficient (Wildman–Crippen LogP) is 3.18. The number of halogens is 1. The molecule has 1 unspecified atom stereocenters. The summed E-state index contributed by atoms with van der Waals surface area (Å²) in [4.78, 5) is 0. The van der Waals surface area contributed by atoms with E-state index < -0.39 is 5.54 Å². The van der Waals surface area contributed by atoms with Gasteiger partial charge in [0.1, 0.15) is 5.82 Å². The minimum atomic E-state index is -0.418. The first-order chi connectivity index (χ1) is 8.15. The van der Waals surface area contributed by atoms with Crippen LogP contribution in [0, 0.1) is 11.7 Å². The summed E-state index contributed by atoms with van der Waals surface area (Å²) in [6.45, 7) is 2.02. The lowest BCUT2D eigenvalue weighted by molar-refractivity contribution is 0.172. The van der Waals surface area contributed by atoms with Gasteiger partial charge in [0.15, 0.2) is 0 Å². The second-order valence-corrected chi connectivity index (χ2v) is 5.16. The highest BCUT2D eigenvalue weighted by atomic mass is 19.1. The van der Waals surface area contributed by atoms with Crippen LogP contribution in [0.5, 0.6) is 0 Å². The average molecular weight is 237 g/mol. The van der Waals surface area contributed by atoms with E-state index in [1.807, 2.05) is 6.92 Å². The van der Waals surface area contributed by atoms with Crippen LogP contribution in [-0.2, 0) is 0 Å². The molecule has 1 aliphatic carbocycles. The van der Waals surface area contributed by atoms with Crippen LogP contribution in [0.4, 0.5) is 10.1 Å². The zero-order chi connectivity index (χ0) is 12.3. The van der Waals surface area contributed by atoms with Crippen LogP contribution in [0.25, 0.3) is 0 Å². The molecular weight excluding hydrogens is 217 g/mol. The molecule has 1 saturated carbocycles. The third-order valence-corrected chi connectivity index (χ3v) is 3.88. The van der Waals surface area contributed by atoms with Crippen LogP contribution in [0.1, 0.15) is 32.6 Å². The van der Waals surface area contributed by atoms with E-state index in [1.54, 1.807) is 18.2 Å². The van der Waals surface area contributed by atoms with Gasteiger partial charge >= 0.3 is 0 Å². The first-order valence-corrected chi connectivity index (χ1v) is 6.29. The SMILES string of the molecule is CC(CO)(Nc1ccccc1F)C1CCCC1. The van der Waals surface area contributed by atoms with E-state index in [0.29, 0.717) is 11.6 Å². The summed E-state index contributed by atoms with van der Waals surface area (Å²) in [5, 5.41) is 12.8. The maximum atomic E-state index is 13.6. The average Bonchev–Trinajstić information content (AvgIpc) is 2.86. The molecule has 0 bridgehead atoms. The van der Waals surface area contributed by atoms with Crippen molar-refractivity contribution in [3.63, 3.8) is 0 Å². The van der Waals surface area contributed by atoms with Crippen molar-refractivity contribution in [3.8, 4) is 0 Å². The van der Waals surface area contributed by atoms with Gasteiger partial charge in [-0.3, -0.25) is 0 Å². The number of benzene rings is 1. The molecule has 1 aromatic rings. The third-order valence-electron chi connectivity index (χ3n) is 3.88. The van der Waals surface area contributed by atoms with Gasteiger partial charge in [-0.1, -0.05) is 25.0 Å². The van der Waals surface area contributed by atoms with Crippen LogP contribution in [-0.4, -0.2) is 17.3 Å². The van der Waals surface area contributed by atoms with Gasteiger partial charge < -0.3 is 10.4 Å². The second kappa shape index (κ2) is 5.05. The number of aliphatic hydroxyl groups is 1. The number of rotatable bonds is 4. The van der Waals surface area contributed by atoms with E-state index in [0.717, 1.165) is 12.8 Å². The Balaban J connectivity index is 2.16. The maximum absolute atomic E-state index is 13.6. The minimum absolute atomic E-state index is 0.0337. The normalized spacial score (nSPS) is 20.2. The standard InChI is InChI=1S/C14H20FNO/c1-14(10-17,11-6-2-3-7-11)16-13-9-5-4-8-12(13)15/h4-5,8-9,11,16-17H,2-3,6-7,10H2,1H3. The molecule has 1 aliphatic rings. The Morgan fingerprint density at radius 1 is 1.35 bits per heavy atom. The number of nitrogens with one attached hydrogen (secondary N) is 1. The topological polar surface area (TPSA) is 32.3 Å². The monoisotopic (exact) mass is 237 g/mol. The lowest BCUT2D eigenvalue weighted by Crippen LogP contribution is -2.45. The highest BCUT2D eigenvalue weighted by Gasteiger charge is 2.35. The first kappa shape index (κ1) is 12.4. The number of anilines is 1. The summed E-state index contributed by atoms with van der Waals surface area (Å²) in [5.41, 5.74) is 0.0644. The fourth-order valence-corrected chi connectivity index (χ4v) is 2.70. The molecule has 1 aromatic carbocycles. The zero-order valence-corrected chi connectivity index (χ0v) is 10.2. The number of hydrogen-bond donors (Lipinski definition) is 2. The highest BCUT2D eigenvalue weighted by Crippen LogP contribution is 2.36. The van der Waals surface area contributed by atoms with E-state index >= 15 is 0 Å². The van der Waals surface area contributed by atoms with Crippen LogP contribution in [0.15, 0.2) is 24.3 Å². The van der Waals surface area contributed by atoms with E-state index in [4.69, 9.17) is 0 Å². The van der Waals surface area contributed by atoms with Gasteiger partial charge in [0, 0.05) is 0 Å². The Morgan fingerprint density at radius 2 is 2.00 bits per heavy atom. The van der Waals surface area contributed by atoms with E-state index in [1.165, 1.54) is 18.9 Å². The van der Waals surface area contributed by atoms with Crippen LogP contribution in [0.2, 0.25) is 0 Å². The molecule has 3 heteroatoms. The van der Waals surface area contributed by atoms with Crippen LogP contribution < -0.4 is 5.32 Å². The molecule has 2 nitrogen and oxygen atoms in total. The summed E-state index contributed by atoms with van der Waals surface area (Å²) >= 11 is 0. The van der Waals surface area contributed by atoms with Crippen LogP contribution in [0.3, 0.4) is 0 Å². The third kappa shape index (κ3) is 2.60. The molecule has 2 N–H and O–H groups in total. The maximum Gasteiger partial charge on any atom is 0.146 e. The Hall–Kier alpha value is -1.09. The van der Waals surface area contributed by atoms with Gasteiger partial charge in [-0.25, -0.2) is 4.39 Å². The van der Waals surface area contributed by atoms with Crippen molar-refractivity contribution >= 4 is 5.69 Å². The smallest absolute Gasteiger partial charge is 0.146 e. The molecule has 17 heavy (non-hydrogen) atoms. The summed E-state index contributed by atoms with van der Waals surface area (Å²) in [6, 6.07) is 6.64. The number of hydrogen-bond acceptors (Lipinski definition) is 2. The molecule has 0 saturated heterocycles. The molecule has 0 aliphatic heterocycles. The van der Waals surface area contributed by atoms with Crippen molar-refractivity contribution in [1.29, 1.82) is 0 Å². The lowest BCUT2D eigenvalue weighted by Gasteiger charge is -2.36. The Bertz CT molecular complexity index is 376. The highest BCUT2D eigenvalue weighted by molar-refractivity contribution is 5.47. The Morgan fingerprint density at radius 3 is 2.59 bits per heavy atom. The van der Waals surface area contributed by atoms with Crippen molar-refractivity contribution in [2.75, 3.05) is 11.9 Å². The molecule has 94 valence electrons. The predicted molar refractivity (Wildman–Crippen MR) is 67.5 cm³/mol. The molecule has 0 heterocycles. The summed E-state index contributed by atoms with van der Waals surface area (Å²) < 4.78 is 13.6. The largest absolute Gasteiger partial charge is 0.394 e. The van der Waals surface area contributed by atoms with E-state index in [-0.39, 0.29) is 12.4 Å². The van der Waals surface area contributed by atoms with Gasteiger partial charge in [0.2, 0.25) is 0 Å². The molecule has 0 spiro atoms. The van der Waals surface area contributed by atoms with Crippen molar-refractivity contribution < 1.29 is 9.50 Å². The quantitative estimate of drug-likeness (QED) is 0.843. The zero-order valence-electron chi connectivity index (χ0n) is 10.2. The van der Waals surface area contributed by atoms with Crippen molar-refractivity contribution in [1.82, 2.24) is 0 Å². The molecule has 1 fully saturated rings. The fraction of sp³-hybridized carbons (Fsp3) is 0.571. The van der Waals surface area contributed by atoms with Crippen molar-refractivity contribution in [2.24, 2.45) is 5.92 Å². The van der Waals surface area contributed by atoms with Crippen molar-refractivity contribution in [2.45, 2.75) is 38.1 Å². The van der Waals surface area contributed by atoms with Gasteiger partial charge in [-0.15, -0.1) is 0 Å². The molecule has 0 aromatic heterocycles. The second-order valence-electron chi connectivity index (χ2n) is 5.16. The van der Waals surface area contributed by atoms with Crippen molar-refractivity contribution in [3.05, 3.63) is 30.1 Å². The van der Waals surface area contributed by atoms with E-state index in [9.17, 15) is 9.50 Å². The van der Waals surface area contributed by atoms with Gasteiger partial charge in [0.05, 0.1) is 17.8 Å². The molecule has 0 radical (unpaired) electrons. The number of aliphatic hydroxyl groups excluding tert-OH is 1. The molecule has 0 amide bonds. The number of para-hydroxylation sites is 1. The van der Waals surface area contributed by atoms with E-state index in [2.05, 4.69) is 5.32 Å². The van der Waals surface area contributed by atoms with Gasteiger partial charge in [-0.2, -0.15) is 0 Å². The first-order valence-electron chi connectivity index (χ1n) is 6.29. The Kier molecular flexibility index (Phi) is 3.67. The van der Waals surface area contributed by atoms with Gasteiger partial charge in [0.25, 0.3) is 0 Å². The minimum Gasteiger partial charge on any atom is -0.394 e. The van der Waals surface area contributed by atoms with Gasteiger partial charge in [-0.05, 0) is 37.8 Å². The summed E-state index contributed by atoms with van der Waals surface area (Å²) in [5.74, 6) is 0.164. The molecular formula is C14H20FNO. The summed E-state index contributed by atoms with van der Waals surface area (Å²) in [7, 11) is 0. The fourth-order valence-electron chi connectivity index (χ4n) is 2.70. The van der Waals surface area contributed by atoms with Crippen LogP contribution >= 0.6 is 0 Å². The molecule has 2 rings (SSSR count). The lowest BCUT2D eigenvalue weighted by atomic mass is 9.84.